The van der Waals surface area contributed by atoms with Crippen molar-refractivity contribution in [3.05, 3.63) is 24.3 Å². The molecular weight excluding hydrogens is 268 g/mol. The van der Waals surface area contributed by atoms with Gasteiger partial charge in [0, 0.05) is 4.90 Å². The van der Waals surface area contributed by atoms with Crippen molar-refractivity contribution in [3.8, 4) is 0 Å². The van der Waals surface area contributed by atoms with Crippen LogP contribution in [0, 0.1) is 0 Å². The topological polar surface area (TPSA) is 63.4 Å². The Morgan fingerprint density at radius 3 is 1.78 bits per heavy atom. The molecule has 0 saturated heterocycles. The van der Waals surface area contributed by atoms with E-state index in [1.54, 1.807) is 18.2 Å². The van der Waals surface area contributed by atoms with Crippen LogP contribution in [0.1, 0.15) is 20.8 Å². The molecule has 0 aliphatic rings. The highest BCUT2D eigenvalue weighted by atomic mass is 32.2. The maximum absolute atomic E-state index is 10.8. The Morgan fingerprint density at radius 2 is 1.56 bits per heavy atom. The van der Waals surface area contributed by atoms with Gasteiger partial charge in [-0.25, -0.2) is 13.6 Å². The maximum Gasteiger partial charge on any atom is 0.239 e. The smallest absolute Gasteiger partial charge is 0.239 e. The normalized spacial score (nSPS) is 11.0. The lowest BCUT2D eigenvalue weighted by molar-refractivity contribution is 0.321. The zero-order chi connectivity index (χ0) is 14.2. The molecular formula is C12H22N2O2S2. The number of thiol groups is 1. The molecule has 0 aromatic heterocycles. The van der Waals surface area contributed by atoms with Crippen LogP contribution in [0.4, 0.5) is 0 Å². The van der Waals surface area contributed by atoms with Crippen molar-refractivity contribution in [2.45, 2.75) is 30.6 Å². The van der Waals surface area contributed by atoms with Crippen LogP contribution >= 0.6 is 12.6 Å². The third-order valence-corrected chi connectivity index (χ3v) is 4.02. The highest BCUT2D eigenvalue weighted by molar-refractivity contribution is 7.90. The average molecular weight is 290 g/mol. The Bertz CT molecular complexity index is 438. The van der Waals surface area contributed by atoms with Crippen molar-refractivity contribution in [2.75, 3.05) is 19.6 Å². The second-order valence-electron chi connectivity index (χ2n) is 3.63. The van der Waals surface area contributed by atoms with Crippen LogP contribution in [0.3, 0.4) is 0 Å². The monoisotopic (exact) mass is 290 g/mol. The first-order valence-corrected chi connectivity index (χ1v) is 7.89. The average Bonchev–Trinajstić information content (AvgIpc) is 2.31. The van der Waals surface area contributed by atoms with Gasteiger partial charge in [0.2, 0.25) is 10.0 Å². The van der Waals surface area contributed by atoms with Crippen LogP contribution in [0.5, 0.6) is 0 Å². The van der Waals surface area contributed by atoms with Gasteiger partial charge in [-0.15, -0.1) is 12.6 Å². The third-order valence-electron chi connectivity index (χ3n) is 2.51. The van der Waals surface area contributed by atoms with Crippen LogP contribution in [-0.4, -0.2) is 33.0 Å². The Hall–Kier alpha value is -0.560. The van der Waals surface area contributed by atoms with E-state index in [0.717, 1.165) is 0 Å². The summed E-state index contributed by atoms with van der Waals surface area (Å²) in [6.45, 7) is 10.1. The molecule has 6 heteroatoms. The molecule has 0 aliphatic heterocycles. The van der Waals surface area contributed by atoms with Crippen molar-refractivity contribution in [1.29, 1.82) is 0 Å². The number of rotatable bonds is 4. The zero-order valence-electron chi connectivity index (χ0n) is 11.1. The number of hydrogen-bond donors (Lipinski definition) is 2. The van der Waals surface area contributed by atoms with Gasteiger partial charge in [0.05, 0.1) is 4.90 Å². The van der Waals surface area contributed by atoms with E-state index in [0.29, 0.717) is 4.90 Å². The molecule has 0 amide bonds. The Kier molecular flexibility index (Phi) is 8.26. The van der Waals surface area contributed by atoms with Crippen LogP contribution < -0.4 is 5.14 Å². The first-order valence-electron chi connectivity index (χ1n) is 5.89. The van der Waals surface area contributed by atoms with Gasteiger partial charge in [0.15, 0.2) is 0 Å². The minimum absolute atomic E-state index is 0.0586. The minimum atomic E-state index is -3.61. The van der Waals surface area contributed by atoms with Crippen molar-refractivity contribution in [1.82, 2.24) is 4.90 Å². The fraction of sp³-hybridized carbons (Fsp3) is 0.500. The molecule has 1 rings (SSSR count). The molecule has 0 unspecified atom stereocenters. The molecule has 0 aliphatic carbocycles. The number of nitrogens with two attached hydrogens (primary N) is 1. The van der Waals surface area contributed by atoms with Crippen LogP contribution in [0.2, 0.25) is 0 Å². The summed E-state index contributed by atoms with van der Waals surface area (Å²) >= 11 is 3.93. The van der Waals surface area contributed by atoms with Gasteiger partial charge in [-0.1, -0.05) is 32.9 Å². The third kappa shape index (κ3) is 6.39. The number of primary sulfonamides is 1. The number of nitrogens with zero attached hydrogens (tertiary/aromatic N) is 1. The van der Waals surface area contributed by atoms with E-state index >= 15 is 0 Å². The van der Waals surface area contributed by atoms with E-state index in [-0.39, 0.29) is 4.90 Å². The van der Waals surface area contributed by atoms with Crippen LogP contribution in [-0.2, 0) is 10.0 Å². The first-order chi connectivity index (χ1) is 8.36. The quantitative estimate of drug-likeness (QED) is 0.833. The summed E-state index contributed by atoms with van der Waals surface area (Å²) < 4.78 is 21.6. The highest BCUT2D eigenvalue weighted by Gasteiger charge is 2.09. The molecule has 2 N–H and O–H groups in total. The van der Waals surface area contributed by atoms with Gasteiger partial charge in [0.1, 0.15) is 0 Å². The summed E-state index contributed by atoms with van der Waals surface area (Å²) in [7, 11) is -3.61. The van der Waals surface area contributed by atoms with E-state index in [1.165, 1.54) is 25.7 Å². The summed E-state index contributed by atoms with van der Waals surface area (Å²) in [4.78, 5) is 2.80. The van der Waals surface area contributed by atoms with Gasteiger partial charge >= 0.3 is 0 Å². The molecule has 1 aromatic rings. The maximum atomic E-state index is 10.8. The Labute approximate surface area is 116 Å². The highest BCUT2D eigenvalue weighted by Crippen LogP contribution is 2.16. The molecule has 0 bridgehead atoms. The van der Waals surface area contributed by atoms with Crippen molar-refractivity contribution < 1.29 is 8.42 Å². The molecule has 0 radical (unpaired) electrons. The molecule has 4 nitrogen and oxygen atoms in total. The molecule has 0 atom stereocenters. The molecule has 1 aromatic carbocycles. The number of sulfonamides is 1. The largest absolute Gasteiger partial charge is 0.304 e. The summed E-state index contributed by atoms with van der Waals surface area (Å²) in [5.74, 6) is 0. The molecule has 18 heavy (non-hydrogen) atoms. The second kappa shape index (κ2) is 8.53. The van der Waals surface area contributed by atoms with Gasteiger partial charge in [0.25, 0.3) is 0 Å². The summed E-state index contributed by atoms with van der Waals surface area (Å²) in [5.41, 5.74) is 0. The molecule has 104 valence electrons. The summed E-state index contributed by atoms with van der Waals surface area (Å²) in [6.07, 6.45) is 0. The lowest BCUT2D eigenvalue weighted by Gasteiger charge is -2.13. The summed E-state index contributed by atoms with van der Waals surface area (Å²) in [5, 5.41) is 4.88. The van der Waals surface area contributed by atoms with Crippen LogP contribution in [0.15, 0.2) is 34.1 Å². The van der Waals surface area contributed by atoms with E-state index < -0.39 is 10.0 Å². The molecule has 0 saturated carbocycles. The zero-order valence-corrected chi connectivity index (χ0v) is 12.8. The standard InChI is InChI=1S/C6H7NO2S2.C6H15N/c7-11(8,9)6-4-2-1-3-5(6)10;1-4-7(5-2)6-3/h1-4,10H,(H2,7,8,9);4-6H2,1-3H3. The van der Waals surface area contributed by atoms with Crippen LogP contribution in [0.25, 0.3) is 0 Å². The molecule has 0 heterocycles. The van der Waals surface area contributed by atoms with E-state index in [9.17, 15) is 8.42 Å². The fourth-order valence-electron chi connectivity index (χ4n) is 1.37. The number of benzene rings is 1. The fourth-order valence-corrected chi connectivity index (χ4v) is 2.54. The van der Waals surface area contributed by atoms with Gasteiger partial charge in [-0.3, -0.25) is 0 Å². The Morgan fingerprint density at radius 1 is 1.11 bits per heavy atom. The van der Waals surface area contributed by atoms with E-state index in [4.69, 9.17) is 5.14 Å². The summed E-state index contributed by atoms with van der Waals surface area (Å²) in [6, 6.07) is 6.27. The van der Waals surface area contributed by atoms with Gasteiger partial charge in [-0.05, 0) is 31.8 Å². The van der Waals surface area contributed by atoms with Crippen molar-refractivity contribution >= 4 is 22.7 Å². The minimum Gasteiger partial charge on any atom is -0.304 e. The second-order valence-corrected chi connectivity index (χ2v) is 5.64. The molecule has 0 fully saturated rings. The van der Waals surface area contributed by atoms with E-state index in [2.05, 4.69) is 38.3 Å². The lowest BCUT2D eigenvalue weighted by atomic mass is 10.4. The van der Waals surface area contributed by atoms with Gasteiger partial charge < -0.3 is 4.90 Å². The first kappa shape index (κ1) is 17.4. The lowest BCUT2D eigenvalue weighted by Crippen LogP contribution is -2.21. The predicted molar refractivity (Wildman–Crippen MR) is 78.5 cm³/mol. The van der Waals surface area contributed by atoms with Gasteiger partial charge in [-0.2, -0.15) is 0 Å². The van der Waals surface area contributed by atoms with Crippen molar-refractivity contribution in [3.63, 3.8) is 0 Å². The van der Waals surface area contributed by atoms with E-state index in [1.807, 2.05) is 0 Å². The Balaban J connectivity index is 0.000000360. The SMILES string of the molecule is CCN(CC)CC.NS(=O)(=O)c1ccccc1S. The predicted octanol–water partition coefficient (Wildman–Crippen LogP) is 1.97. The number of hydrogen-bond acceptors (Lipinski definition) is 4. The van der Waals surface area contributed by atoms with Crippen molar-refractivity contribution in [2.24, 2.45) is 5.14 Å². The molecule has 0 spiro atoms.